The van der Waals surface area contributed by atoms with E-state index in [1.165, 1.54) is 16.9 Å². The predicted octanol–water partition coefficient (Wildman–Crippen LogP) is 0.938. The number of carbonyl (C=O) groups excluding carboxylic acids is 1. The van der Waals surface area contributed by atoms with Crippen molar-refractivity contribution < 1.29 is 13.9 Å². The van der Waals surface area contributed by atoms with Gasteiger partial charge in [-0.05, 0) is 12.1 Å². The average Bonchev–Trinajstić information content (AvgIpc) is 2.97. The molecule has 2 aromatic rings. The number of anilines is 1. The Morgan fingerprint density at radius 3 is 3.10 bits per heavy atom. The number of morpholine rings is 1. The van der Waals surface area contributed by atoms with Crippen LogP contribution in [0.5, 0.6) is 0 Å². The standard InChI is InChI=1S/C14H15FN4O2/c15-11-3-1-2-4-12(11)19-9-10(7-17-19)18-14(20)13-8-16-5-6-21-13/h1-4,7,9,13,16H,5-6,8H2,(H,18,20). The van der Waals surface area contributed by atoms with E-state index in [9.17, 15) is 9.18 Å². The SMILES string of the molecule is O=C(Nc1cnn(-c2ccccc2F)c1)C1CNCCO1. The molecule has 6 nitrogen and oxygen atoms in total. The number of hydrogen-bond acceptors (Lipinski definition) is 4. The van der Waals surface area contributed by atoms with E-state index in [0.717, 1.165) is 6.54 Å². The minimum Gasteiger partial charge on any atom is -0.366 e. The lowest BCUT2D eigenvalue weighted by atomic mass is 10.3. The number of hydrogen-bond donors (Lipinski definition) is 2. The fourth-order valence-corrected chi connectivity index (χ4v) is 2.11. The molecule has 110 valence electrons. The highest BCUT2D eigenvalue weighted by Crippen LogP contribution is 2.15. The summed E-state index contributed by atoms with van der Waals surface area (Å²) in [6.45, 7) is 1.73. The Morgan fingerprint density at radius 1 is 1.48 bits per heavy atom. The summed E-state index contributed by atoms with van der Waals surface area (Å²) in [5.41, 5.74) is 0.825. The molecule has 2 heterocycles. The van der Waals surface area contributed by atoms with Crippen LogP contribution in [-0.2, 0) is 9.53 Å². The molecule has 0 bridgehead atoms. The molecule has 21 heavy (non-hydrogen) atoms. The summed E-state index contributed by atoms with van der Waals surface area (Å²) in [7, 11) is 0. The highest BCUT2D eigenvalue weighted by Gasteiger charge is 2.22. The van der Waals surface area contributed by atoms with E-state index in [1.807, 2.05) is 0 Å². The Morgan fingerprint density at radius 2 is 2.33 bits per heavy atom. The summed E-state index contributed by atoms with van der Waals surface area (Å²) in [5, 5.41) is 9.85. The molecule has 1 saturated heterocycles. The zero-order chi connectivity index (χ0) is 14.7. The maximum absolute atomic E-state index is 13.7. The van der Waals surface area contributed by atoms with Crippen molar-refractivity contribution in [3.05, 3.63) is 42.5 Å². The van der Waals surface area contributed by atoms with Gasteiger partial charge in [0.1, 0.15) is 17.6 Å². The molecule has 1 aliphatic rings. The Bertz CT molecular complexity index is 637. The Hall–Kier alpha value is -2.25. The number of ether oxygens (including phenoxy) is 1. The summed E-state index contributed by atoms with van der Waals surface area (Å²) in [4.78, 5) is 12.0. The molecule has 3 rings (SSSR count). The third-order valence-electron chi connectivity index (χ3n) is 3.17. The maximum Gasteiger partial charge on any atom is 0.254 e. The van der Waals surface area contributed by atoms with Crippen molar-refractivity contribution >= 4 is 11.6 Å². The van der Waals surface area contributed by atoms with Crippen LogP contribution >= 0.6 is 0 Å². The van der Waals surface area contributed by atoms with Gasteiger partial charge in [-0.15, -0.1) is 0 Å². The number of carbonyl (C=O) groups is 1. The first kappa shape index (κ1) is 13.7. The van der Waals surface area contributed by atoms with E-state index in [1.54, 1.807) is 24.4 Å². The smallest absolute Gasteiger partial charge is 0.254 e. The van der Waals surface area contributed by atoms with Crippen molar-refractivity contribution in [1.82, 2.24) is 15.1 Å². The van der Waals surface area contributed by atoms with E-state index in [2.05, 4.69) is 15.7 Å². The van der Waals surface area contributed by atoms with Gasteiger partial charge in [0, 0.05) is 13.1 Å². The fraction of sp³-hybridized carbons (Fsp3) is 0.286. The molecule has 0 saturated carbocycles. The van der Waals surface area contributed by atoms with Gasteiger partial charge in [-0.25, -0.2) is 9.07 Å². The maximum atomic E-state index is 13.7. The van der Waals surface area contributed by atoms with E-state index in [4.69, 9.17) is 4.74 Å². The van der Waals surface area contributed by atoms with Gasteiger partial charge in [0.25, 0.3) is 5.91 Å². The molecule has 1 aromatic carbocycles. The molecule has 1 aliphatic heterocycles. The largest absolute Gasteiger partial charge is 0.366 e. The molecular formula is C14H15FN4O2. The number of para-hydroxylation sites is 1. The van der Waals surface area contributed by atoms with Gasteiger partial charge in [0.05, 0.1) is 24.7 Å². The van der Waals surface area contributed by atoms with Gasteiger partial charge >= 0.3 is 0 Å². The second kappa shape index (κ2) is 6.02. The molecule has 2 N–H and O–H groups in total. The molecule has 1 atom stereocenters. The molecular weight excluding hydrogens is 275 g/mol. The number of halogens is 1. The third-order valence-corrected chi connectivity index (χ3v) is 3.17. The number of aromatic nitrogens is 2. The third kappa shape index (κ3) is 3.09. The second-order valence-electron chi connectivity index (χ2n) is 4.68. The summed E-state index contributed by atoms with van der Waals surface area (Å²) < 4.78 is 20.4. The number of nitrogens with one attached hydrogen (secondary N) is 2. The molecule has 1 amide bonds. The van der Waals surface area contributed by atoms with Gasteiger partial charge in [-0.2, -0.15) is 5.10 Å². The molecule has 1 unspecified atom stereocenters. The van der Waals surface area contributed by atoms with Crippen molar-refractivity contribution in [3.8, 4) is 5.69 Å². The fourth-order valence-electron chi connectivity index (χ4n) is 2.11. The molecule has 0 spiro atoms. The summed E-state index contributed by atoms with van der Waals surface area (Å²) in [6, 6.07) is 6.30. The second-order valence-corrected chi connectivity index (χ2v) is 4.68. The van der Waals surface area contributed by atoms with Crippen LogP contribution < -0.4 is 10.6 Å². The summed E-state index contributed by atoms with van der Waals surface area (Å²) >= 11 is 0. The van der Waals surface area contributed by atoms with Crippen LogP contribution in [0.4, 0.5) is 10.1 Å². The lowest BCUT2D eigenvalue weighted by molar-refractivity contribution is -0.128. The zero-order valence-electron chi connectivity index (χ0n) is 11.3. The van der Waals surface area contributed by atoms with Crippen molar-refractivity contribution in [2.75, 3.05) is 25.0 Å². The van der Waals surface area contributed by atoms with Crippen molar-refractivity contribution in [1.29, 1.82) is 0 Å². The number of nitrogens with zero attached hydrogens (tertiary/aromatic N) is 2. The van der Waals surface area contributed by atoms with E-state index in [0.29, 0.717) is 24.5 Å². The summed E-state index contributed by atoms with van der Waals surface area (Å²) in [6.07, 6.45) is 2.52. The highest BCUT2D eigenvalue weighted by molar-refractivity contribution is 5.94. The van der Waals surface area contributed by atoms with Crippen LogP contribution in [0.25, 0.3) is 5.69 Å². The highest BCUT2D eigenvalue weighted by atomic mass is 19.1. The van der Waals surface area contributed by atoms with E-state index in [-0.39, 0.29) is 11.7 Å². The summed E-state index contributed by atoms with van der Waals surface area (Å²) in [5.74, 6) is -0.617. The van der Waals surface area contributed by atoms with Crippen molar-refractivity contribution in [2.24, 2.45) is 0 Å². The van der Waals surface area contributed by atoms with Crippen LogP contribution in [0, 0.1) is 5.82 Å². The lowest BCUT2D eigenvalue weighted by Gasteiger charge is -2.22. The van der Waals surface area contributed by atoms with Gasteiger partial charge in [0.15, 0.2) is 0 Å². The van der Waals surface area contributed by atoms with Gasteiger partial charge < -0.3 is 15.4 Å². The molecule has 1 fully saturated rings. The molecule has 0 radical (unpaired) electrons. The normalized spacial score (nSPS) is 18.4. The monoisotopic (exact) mass is 290 g/mol. The zero-order valence-corrected chi connectivity index (χ0v) is 11.3. The first-order valence-corrected chi connectivity index (χ1v) is 6.67. The molecule has 0 aliphatic carbocycles. The Kier molecular flexibility index (Phi) is 3.94. The van der Waals surface area contributed by atoms with Crippen LogP contribution in [0.2, 0.25) is 0 Å². The minimum absolute atomic E-state index is 0.240. The average molecular weight is 290 g/mol. The van der Waals surface area contributed by atoms with Crippen LogP contribution in [0.3, 0.4) is 0 Å². The van der Waals surface area contributed by atoms with Crippen molar-refractivity contribution in [2.45, 2.75) is 6.10 Å². The van der Waals surface area contributed by atoms with Crippen molar-refractivity contribution in [3.63, 3.8) is 0 Å². The minimum atomic E-state index is -0.518. The van der Waals surface area contributed by atoms with Crippen LogP contribution in [0.1, 0.15) is 0 Å². The van der Waals surface area contributed by atoms with Gasteiger partial charge in [-0.3, -0.25) is 4.79 Å². The van der Waals surface area contributed by atoms with Crippen LogP contribution in [0.15, 0.2) is 36.7 Å². The topological polar surface area (TPSA) is 68.2 Å². The molecule has 7 heteroatoms. The van der Waals surface area contributed by atoms with Gasteiger partial charge in [-0.1, -0.05) is 12.1 Å². The Labute approximate surface area is 120 Å². The first-order chi connectivity index (χ1) is 10.2. The van der Waals surface area contributed by atoms with E-state index < -0.39 is 6.10 Å². The van der Waals surface area contributed by atoms with Crippen LogP contribution in [-0.4, -0.2) is 41.5 Å². The quantitative estimate of drug-likeness (QED) is 0.883. The van der Waals surface area contributed by atoms with E-state index >= 15 is 0 Å². The Balaban J connectivity index is 1.70. The number of amides is 1. The predicted molar refractivity (Wildman–Crippen MR) is 74.8 cm³/mol. The first-order valence-electron chi connectivity index (χ1n) is 6.67. The van der Waals surface area contributed by atoms with Gasteiger partial charge in [0.2, 0.25) is 0 Å². The molecule has 1 aromatic heterocycles. The number of benzene rings is 1. The number of rotatable bonds is 3. The lowest BCUT2D eigenvalue weighted by Crippen LogP contribution is -2.45.